The summed E-state index contributed by atoms with van der Waals surface area (Å²) in [5.41, 5.74) is 2.35. The molecule has 1 aliphatic rings. The van der Waals surface area contributed by atoms with Gasteiger partial charge in [-0.1, -0.05) is 50.2 Å². The molecule has 0 unspecified atom stereocenters. The second-order valence-corrected chi connectivity index (χ2v) is 7.43. The smallest absolute Gasteiger partial charge is 0.231 e. The average molecular weight is 371 g/mol. The first-order chi connectivity index (χ1) is 13.1. The van der Waals surface area contributed by atoms with Crippen molar-refractivity contribution in [3.63, 3.8) is 0 Å². The number of aliphatic hydroxyl groups is 1. The molecule has 2 aromatic rings. The highest BCUT2D eigenvalue weighted by Gasteiger charge is 2.17. The fourth-order valence-electron chi connectivity index (χ4n) is 3.11. The van der Waals surface area contributed by atoms with E-state index in [9.17, 15) is 5.11 Å². The SMILES string of the molecule is CC(C)COC[C@@H](O)CN(Cc1ccccc1)Cc1ccc2c(c1)OCO2. The number of fused-ring (bicyclic) bond motifs is 1. The lowest BCUT2D eigenvalue weighted by atomic mass is 10.1. The molecule has 1 aliphatic heterocycles. The molecular weight excluding hydrogens is 342 g/mol. The number of nitrogens with zero attached hydrogens (tertiary/aromatic N) is 1. The van der Waals surface area contributed by atoms with Crippen LogP contribution in [0.5, 0.6) is 11.5 Å². The maximum atomic E-state index is 10.4. The fraction of sp³-hybridized carbons (Fsp3) is 0.455. The third-order valence-electron chi connectivity index (χ3n) is 4.32. The Morgan fingerprint density at radius 3 is 2.48 bits per heavy atom. The van der Waals surface area contributed by atoms with Crippen molar-refractivity contribution in [3.05, 3.63) is 59.7 Å². The molecule has 0 bridgehead atoms. The predicted molar refractivity (Wildman–Crippen MR) is 105 cm³/mol. The average Bonchev–Trinajstić information content (AvgIpc) is 3.10. The Morgan fingerprint density at radius 1 is 0.963 bits per heavy atom. The maximum absolute atomic E-state index is 10.4. The minimum atomic E-state index is -0.526. The molecular formula is C22H29NO4. The van der Waals surface area contributed by atoms with Crippen LogP contribution in [0, 0.1) is 5.92 Å². The number of aliphatic hydroxyl groups excluding tert-OH is 1. The molecule has 3 rings (SSSR count). The van der Waals surface area contributed by atoms with Gasteiger partial charge >= 0.3 is 0 Å². The molecule has 5 nitrogen and oxygen atoms in total. The first-order valence-electron chi connectivity index (χ1n) is 9.51. The van der Waals surface area contributed by atoms with Crippen molar-refractivity contribution < 1.29 is 19.3 Å². The molecule has 0 radical (unpaired) electrons. The molecule has 0 saturated heterocycles. The van der Waals surface area contributed by atoms with Gasteiger partial charge in [-0.05, 0) is 29.2 Å². The molecule has 1 atom stereocenters. The lowest BCUT2D eigenvalue weighted by molar-refractivity contribution is 0.00554. The monoisotopic (exact) mass is 371 g/mol. The van der Waals surface area contributed by atoms with Crippen LogP contribution in [0.3, 0.4) is 0 Å². The molecule has 0 fully saturated rings. The van der Waals surface area contributed by atoms with Crippen LogP contribution in [0.2, 0.25) is 0 Å². The van der Waals surface area contributed by atoms with Crippen molar-refractivity contribution >= 4 is 0 Å². The lowest BCUT2D eigenvalue weighted by Gasteiger charge is -2.25. The number of hydrogen-bond donors (Lipinski definition) is 1. The summed E-state index contributed by atoms with van der Waals surface area (Å²) in [4.78, 5) is 2.23. The van der Waals surface area contributed by atoms with Gasteiger partial charge in [0.2, 0.25) is 6.79 Å². The van der Waals surface area contributed by atoms with E-state index in [0.717, 1.165) is 23.6 Å². The molecule has 0 amide bonds. The highest BCUT2D eigenvalue weighted by atomic mass is 16.7. The van der Waals surface area contributed by atoms with Gasteiger partial charge in [0.25, 0.3) is 0 Å². The van der Waals surface area contributed by atoms with E-state index in [0.29, 0.717) is 32.2 Å². The van der Waals surface area contributed by atoms with E-state index >= 15 is 0 Å². The molecule has 0 aromatic heterocycles. The number of hydrogen-bond acceptors (Lipinski definition) is 5. The third kappa shape index (κ3) is 6.24. The van der Waals surface area contributed by atoms with Crippen molar-refractivity contribution in [1.29, 1.82) is 0 Å². The van der Waals surface area contributed by atoms with Gasteiger partial charge in [-0.3, -0.25) is 4.90 Å². The zero-order valence-corrected chi connectivity index (χ0v) is 16.1. The van der Waals surface area contributed by atoms with Gasteiger partial charge in [-0.2, -0.15) is 0 Å². The predicted octanol–water partition coefficient (Wildman–Crippen LogP) is 3.45. The van der Waals surface area contributed by atoms with Crippen molar-refractivity contribution in [2.45, 2.75) is 33.0 Å². The third-order valence-corrected chi connectivity index (χ3v) is 4.32. The summed E-state index contributed by atoms with van der Waals surface area (Å²) in [6.45, 7) is 7.52. The minimum Gasteiger partial charge on any atom is -0.454 e. The summed E-state index contributed by atoms with van der Waals surface area (Å²) in [5.74, 6) is 2.04. The Balaban J connectivity index is 1.63. The van der Waals surface area contributed by atoms with Crippen molar-refractivity contribution in [1.82, 2.24) is 4.90 Å². The van der Waals surface area contributed by atoms with Crippen molar-refractivity contribution in [2.75, 3.05) is 26.6 Å². The summed E-state index contributed by atoms with van der Waals surface area (Å²) in [6, 6.07) is 16.3. The zero-order valence-electron chi connectivity index (χ0n) is 16.1. The molecule has 27 heavy (non-hydrogen) atoms. The lowest BCUT2D eigenvalue weighted by Crippen LogP contribution is -2.34. The van der Waals surface area contributed by atoms with Gasteiger partial charge in [-0.25, -0.2) is 0 Å². The normalized spacial score (nSPS) is 14.1. The summed E-state index contributed by atoms with van der Waals surface area (Å²) in [5, 5.41) is 10.4. The quantitative estimate of drug-likeness (QED) is 0.693. The Bertz CT molecular complexity index is 705. The molecule has 1 heterocycles. The van der Waals surface area contributed by atoms with Crippen LogP contribution in [0.25, 0.3) is 0 Å². The first-order valence-corrected chi connectivity index (χ1v) is 9.51. The van der Waals surface area contributed by atoms with E-state index in [4.69, 9.17) is 14.2 Å². The van der Waals surface area contributed by atoms with Gasteiger partial charge < -0.3 is 19.3 Å². The fourth-order valence-corrected chi connectivity index (χ4v) is 3.11. The summed E-state index contributed by atoms with van der Waals surface area (Å²) < 4.78 is 16.5. The van der Waals surface area contributed by atoms with Crippen molar-refractivity contribution in [3.8, 4) is 11.5 Å². The summed E-state index contributed by atoms with van der Waals surface area (Å²) in [7, 11) is 0. The Morgan fingerprint density at radius 2 is 1.70 bits per heavy atom. The van der Waals surface area contributed by atoms with E-state index in [-0.39, 0.29) is 6.79 Å². The van der Waals surface area contributed by atoms with Crippen LogP contribution in [-0.2, 0) is 17.8 Å². The van der Waals surface area contributed by atoms with E-state index in [1.807, 2.05) is 36.4 Å². The van der Waals surface area contributed by atoms with Crippen LogP contribution in [-0.4, -0.2) is 42.7 Å². The maximum Gasteiger partial charge on any atom is 0.231 e. The highest BCUT2D eigenvalue weighted by Crippen LogP contribution is 2.32. The van der Waals surface area contributed by atoms with Gasteiger partial charge in [0.1, 0.15) is 0 Å². The molecule has 0 spiro atoms. The number of ether oxygens (including phenoxy) is 3. The van der Waals surface area contributed by atoms with Gasteiger partial charge in [0.05, 0.1) is 12.7 Å². The molecule has 1 N–H and O–H groups in total. The Labute approximate surface area is 161 Å². The minimum absolute atomic E-state index is 0.276. The van der Waals surface area contributed by atoms with Crippen LogP contribution in [0.4, 0.5) is 0 Å². The molecule has 5 heteroatoms. The first kappa shape index (κ1) is 19.7. The van der Waals surface area contributed by atoms with Crippen LogP contribution in [0.1, 0.15) is 25.0 Å². The Kier molecular flexibility index (Phi) is 7.10. The van der Waals surface area contributed by atoms with Gasteiger partial charge in [0.15, 0.2) is 11.5 Å². The molecule has 146 valence electrons. The molecule has 0 aliphatic carbocycles. The van der Waals surface area contributed by atoms with Crippen molar-refractivity contribution in [2.24, 2.45) is 5.92 Å². The number of rotatable bonds is 10. The second kappa shape index (κ2) is 9.74. The van der Waals surface area contributed by atoms with Gasteiger partial charge in [-0.15, -0.1) is 0 Å². The summed E-state index contributed by atoms with van der Waals surface area (Å²) in [6.07, 6.45) is -0.526. The van der Waals surface area contributed by atoms with Gasteiger partial charge in [0, 0.05) is 26.2 Å². The van der Waals surface area contributed by atoms with E-state index < -0.39 is 6.10 Å². The van der Waals surface area contributed by atoms with E-state index in [2.05, 4.69) is 30.9 Å². The summed E-state index contributed by atoms with van der Waals surface area (Å²) >= 11 is 0. The standard InChI is InChI=1S/C22H29NO4/c1-17(2)14-25-15-20(24)13-23(11-18-6-4-3-5-7-18)12-19-8-9-21-22(10-19)27-16-26-21/h3-10,17,20,24H,11-16H2,1-2H3/t20-/m0/s1. The molecule has 0 saturated carbocycles. The number of benzene rings is 2. The van der Waals surface area contributed by atoms with E-state index in [1.165, 1.54) is 5.56 Å². The topological polar surface area (TPSA) is 51.2 Å². The van der Waals surface area contributed by atoms with Crippen LogP contribution in [0.15, 0.2) is 48.5 Å². The highest BCUT2D eigenvalue weighted by molar-refractivity contribution is 5.44. The molecule has 2 aromatic carbocycles. The second-order valence-electron chi connectivity index (χ2n) is 7.43. The van der Waals surface area contributed by atoms with E-state index in [1.54, 1.807) is 0 Å². The van der Waals surface area contributed by atoms with Crippen LogP contribution >= 0.6 is 0 Å². The Hall–Kier alpha value is -2.08. The van der Waals surface area contributed by atoms with Crippen LogP contribution < -0.4 is 9.47 Å². The largest absolute Gasteiger partial charge is 0.454 e. The zero-order chi connectivity index (χ0) is 19.1.